The quantitative estimate of drug-likeness (QED) is 0.437. The van der Waals surface area contributed by atoms with Crippen molar-refractivity contribution in [3.63, 3.8) is 0 Å². The molecule has 0 spiro atoms. The van der Waals surface area contributed by atoms with E-state index in [-0.39, 0.29) is 18.0 Å². The molecule has 1 aliphatic heterocycles. The number of carbonyl (C=O) groups is 1. The Kier molecular flexibility index (Phi) is 6.26. The molecule has 1 aliphatic rings. The van der Waals surface area contributed by atoms with E-state index < -0.39 is 5.82 Å². The summed E-state index contributed by atoms with van der Waals surface area (Å²) in [7, 11) is 0. The van der Waals surface area contributed by atoms with Gasteiger partial charge < -0.3 is 9.88 Å². The fourth-order valence-electron chi connectivity index (χ4n) is 4.10. The average Bonchev–Trinajstić information content (AvgIpc) is 3.35. The van der Waals surface area contributed by atoms with Gasteiger partial charge in [-0.1, -0.05) is 36.8 Å². The number of hydrogen-bond donors (Lipinski definition) is 1. The van der Waals surface area contributed by atoms with Crippen molar-refractivity contribution < 1.29 is 9.18 Å². The van der Waals surface area contributed by atoms with E-state index in [4.69, 9.17) is 0 Å². The third-order valence-electron chi connectivity index (χ3n) is 5.75. The highest BCUT2D eigenvalue weighted by molar-refractivity contribution is 7.09. The first kappa shape index (κ1) is 21.5. The van der Waals surface area contributed by atoms with E-state index >= 15 is 0 Å². The van der Waals surface area contributed by atoms with Gasteiger partial charge in [-0.2, -0.15) is 0 Å². The largest absolute Gasteiger partial charge is 0.323 e. The van der Waals surface area contributed by atoms with Crippen LogP contribution in [0.3, 0.4) is 0 Å². The maximum absolute atomic E-state index is 14.5. The second-order valence-electron chi connectivity index (χ2n) is 8.22. The summed E-state index contributed by atoms with van der Waals surface area (Å²) in [5.74, 6) is 0.896. The Balaban J connectivity index is 1.28. The number of anilines is 1. The molecule has 0 saturated heterocycles. The minimum Gasteiger partial charge on any atom is -0.323 e. The van der Waals surface area contributed by atoms with Crippen LogP contribution in [-0.4, -0.2) is 25.7 Å². The van der Waals surface area contributed by atoms with Crippen molar-refractivity contribution in [1.29, 1.82) is 0 Å². The lowest BCUT2D eigenvalue weighted by Gasteiger charge is -2.10. The molecule has 0 radical (unpaired) electrons. The number of carbonyl (C=O) groups excluding carboxylic acids is 1. The van der Waals surface area contributed by atoms with E-state index in [0.717, 1.165) is 55.0 Å². The topological polar surface area (TPSA) is 72.7 Å². The number of rotatable bonds is 6. The summed E-state index contributed by atoms with van der Waals surface area (Å²) in [4.78, 5) is 17.2. The van der Waals surface area contributed by atoms with E-state index in [9.17, 15) is 9.18 Å². The van der Waals surface area contributed by atoms with Crippen molar-refractivity contribution in [2.24, 2.45) is 0 Å². The molecule has 0 saturated carbocycles. The van der Waals surface area contributed by atoms with Crippen LogP contribution in [0.15, 0.2) is 53.9 Å². The Hall–Kier alpha value is -3.39. The van der Waals surface area contributed by atoms with E-state index in [2.05, 4.69) is 37.2 Å². The summed E-state index contributed by atoms with van der Waals surface area (Å²) in [6.07, 6.45) is 5.06. The molecule has 1 N–H and O–H groups in total. The number of nitrogens with one attached hydrogen (secondary N) is 1. The lowest BCUT2D eigenvalue weighted by molar-refractivity contribution is -0.115. The molecule has 0 atom stereocenters. The first-order chi connectivity index (χ1) is 16.2. The molecule has 6 nitrogen and oxygen atoms in total. The van der Waals surface area contributed by atoms with Crippen LogP contribution in [0.1, 0.15) is 41.4 Å². The molecule has 168 valence electrons. The zero-order valence-corrected chi connectivity index (χ0v) is 18.9. The van der Waals surface area contributed by atoms with Crippen LogP contribution in [-0.2, 0) is 30.6 Å². The van der Waals surface area contributed by atoms with Crippen LogP contribution in [0.4, 0.5) is 10.1 Å². The van der Waals surface area contributed by atoms with Gasteiger partial charge in [-0.05, 0) is 36.6 Å². The van der Waals surface area contributed by atoms with E-state index in [1.54, 1.807) is 12.1 Å². The molecule has 2 aromatic heterocycles. The minimum absolute atomic E-state index is 0.0925. The van der Waals surface area contributed by atoms with Crippen molar-refractivity contribution in [3.8, 4) is 11.4 Å². The van der Waals surface area contributed by atoms with Crippen LogP contribution in [0.5, 0.6) is 0 Å². The highest BCUT2D eigenvalue weighted by Gasteiger charge is 2.18. The second-order valence-corrected chi connectivity index (χ2v) is 9.16. The predicted molar refractivity (Wildman–Crippen MR) is 127 cm³/mol. The molecule has 3 heterocycles. The molecule has 5 rings (SSSR count). The monoisotopic (exact) mass is 461 g/mol. The van der Waals surface area contributed by atoms with Crippen LogP contribution in [0.25, 0.3) is 11.4 Å². The summed E-state index contributed by atoms with van der Waals surface area (Å²) in [5.41, 5.74) is 2.74. The van der Waals surface area contributed by atoms with Crippen molar-refractivity contribution in [2.75, 3.05) is 5.32 Å². The van der Waals surface area contributed by atoms with Gasteiger partial charge in [0.1, 0.15) is 11.6 Å². The third-order valence-corrected chi connectivity index (χ3v) is 6.64. The molecular formula is C25H24FN5OS. The minimum atomic E-state index is -0.481. The van der Waals surface area contributed by atoms with Crippen molar-refractivity contribution in [3.05, 3.63) is 81.8 Å². The average molecular weight is 462 g/mol. The summed E-state index contributed by atoms with van der Waals surface area (Å²) in [6.45, 7) is 0.853. The molecule has 4 aromatic rings. The van der Waals surface area contributed by atoms with Gasteiger partial charge >= 0.3 is 0 Å². The van der Waals surface area contributed by atoms with Crippen LogP contribution in [0, 0.1) is 5.82 Å². The summed E-state index contributed by atoms with van der Waals surface area (Å²) >= 11 is 1.53. The van der Waals surface area contributed by atoms with Crippen LogP contribution < -0.4 is 5.32 Å². The molecule has 0 fully saturated rings. The van der Waals surface area contributed by atoms with Crippen molar-refractivity contribution in [1.82, 2.24) is 19.7 Å². The summed E-state index contributed by atoms with van der Waals surface area (Å²) < 4.78 is 16.6. The second kappa shape index (κ2) is 9.62. The van der Waals surface area contributed by atoms with Crippen LogP contribution >= 0.6 is 11.3 Å². The number of thiazole rings is 1. The molecule has 0 unspecified atom stereocenters. The molecule has 2 aromatic carbocycles. The zero-order valence-electron chi connectivity index (χ0n) is 18.1. The van der Waals surface area contributed by atoms with Gasteiger partial charge in [0.2, 0.25) is 5.91 Å². The number of halogens is 1. The van der Waals surface area contributed by atoms with Crippen molar-refractivity contribution in [2.45, 2.75) is 45.1 Å². The molecule has 33 heavy (non-hydrogen) atoms. The highest BCUT2D eigenvalue weighted by Crippen LogP contribution is 2.27. The van der Waals surface area contributed by atoms with Gasteiger partial charge in [-0.3, -0.25) is 4.79 Å². The Labute approximate surface area is 195 Å². The Morgan fingerprint density at radius 1 is 1.09 bits per heavy atom. The Morgan fingerprint density at radius 2 is 1.97 bits per heavy atom. The maximum atomic E-state index is 14.5. The number of nitrogens with zero attached hydrogens (tertiary/aromatic N) is 4. The SMILES string of the molecule is O=C(Cc1csc(Cc2ccccc2)n1)Nc1cc(-c2nnc3n2CCCCC3)ccc1F. The smallest absolute Gasteiger partial charge is 0.230 e. The van der Waals surface area contributed by atoms with Gasteiger partial charge in [0.05, 0.1) is 22.8 Å². The third kappa shape index (κ3) is 5.01. The zero-order chi connectivity index (χ0) is 22.6. The van der Waals surface area contributed by atoms with E-state index in [1.165, 1.54) is 23.0 Å². The first-order valence-electron chi connectivity index (χ1n) is 11.1. The lowest BCUT2D eigenvalue weighted by atomic mass is 10.1. The standard InChI is InChI=1S/C25H24FN5OS/c26-20-11-10-18(25-30-29-22-9-5-2-6-12-31(22)25)14-21(20)28-23(32)15-19-16-33-24(27-19)13-17-7-3-1-4-8-17/h1,3-4,7-8,10-11,14,16H,2,5-6,9,12-13,15H2,(H,28,32). The Bertz CT molecular complexity index is 1270. The van der Waals surface area contributed by atoms with Gasteiger partial charge in [0.15, 0.2) is 5.82 Å². The first-order valence-corrected chi connectivity index (χ1v) is 12.0. The molecule has 1 amide bonds. The summed E-state index contributed by atoms with van der Waals surface area (Å²) in [6, 6.07) is 14.8. The normalized spacial score (nSPS) is 13.4. The predicted octanol–water partition coefficient (Wildman–Crippen LogP) is 5.04. The molecule has 0 aliphatic carbocycles. The fourth-order valence-corrected chi connectivity index (χ4v) is 4.93. The number of aryl methyl sites for hydroxylation is 1. The van der Waals surface area contributed by atoms with E-state index in [1.807, 2.05) is 23.6 Å². The number of benzene rings is 2. The van der Waals surface area contributed by atoms with Crippen molar-refractivity contribution >= 4 is 22.9 Å². The number of fused-ring (bicyclic) bond motifs is 1. The van der Waals surface area contributed by atoms with E-state index in [0.29, 0.717) is 11.5 Å². The highest BCUT2D eigenvalue weighted by atomic mass is 32.1. The molecular weight excluding hydrogens is 437 g/mol. The van der Waals surface area contributed by atoms with Gasteiger partial charge in [-0.15, -0.1) is 21.5 Å². The van der Waals surface area contributed by atoms with Gasteiger partial charge in [0, 0.05) is 30.3 Å². The maximum Gasteiger partial charge on any atom is 0.230 e. The van der Waals surface area contributed by atoms with Crippen LogP contribution in [0.2, 0.25) is 0 Å². The Morgan fingerprint density at radius 3 is 2.85 bits per heavy atom. The number of hydrogen-bond acceptors (Lipinski definition) is 5. The van der Waals surface area contributed by atoms with Gasteiger partial charge in [0.25, 0.3) is 0 Å². The number of amides is 1. The van der Waals surface area contributed by atoms with Gasteiger partial charge in [-0.25, -0.2) is 9.37 Å². The lowest BCUT2D eigenvalue weighted by Crippen LogP contribution is -2.16. The number of aromatic nitrogens is 4. The summed E-state index contributed by atoms with van der Waals surface area (Å²) in [5, 5.41) is 14.2. The molecule has 8 heteroatoms. The fraction of sp³-hybridized carbons (Fsp3) is 0.280. The molecule has 0 bridgehead atoms.